The molecule has 23 heavy (non-hydrogen) atoms. The maximum Gasteiger partial charge on any atom is 0.221 e. The summed E-state index contributed by atoms with van der Waals surface area (Å²) in [7, 11) is 0. The Morgan fingerprint density at radius 3 is 3.00 bits per heavy atom. The third kappa shape index (κ3) is 3.85. The lowest BCUT2D eigenvalue weighted by Crippen LogP contribution is -2.41. The smallest absolute Gasteiger partial charge is 0.221 e. The number of carbonyl (C=O) groups is 1. The number of anilines is 1. The van der Waals surface area contributed by atoms with Crippen LogP contribution in [0.25, 0.3) is 0 Å². The number of hydrogen-bond donors (Lipinski definition) is 3. The lowest BCUT2D eigenvalue weighted by Gasteiger charge is -2.37. The van der Waals surface area contributed by atoms with Crippen LogP contribution in [0.5, 0.6) is 0 Å². The number of β-amino-alcohol motifs (C(OH)–C–C–N with tert-alkyl or cyclic N) is 1. The van der Waals surface area contributed by atoms with E-state index in [-0.39, 0.29) is 17.9 Å². The summed E-state index contributed by atoms with van der Waals surface area (Å²) in [6.07, 6.45) is 2.41. The highest BCUT2D eigenvalue weighted by Gasteiger charge is 2.26. The summed E-state index contributed by atoms with van der Waals surface area (Å²) >= 11 is 0. The minimum atomic E-state index is -0.343. The van der Waals surface area contributed by atoms with Crippen molar-refractivity contribution in [2.45, 2.75) is 38.3 Å². The van der Waals surface area contributed by atoms with E-state index in [1.54, 1.807) is 0 Å². The first-order valence-electron chi connectivity index (χ1n) is 8.65. The average Bonchev–Trinajstić information content (AvgIpc) is 2.97. The van der Waals surface area contributed by atoms with E-state index in [1.165, 1.54) is 11.3 Å². The summed E-state index contributed by atoms with van der Waals surface area (Å²) in [6.45, 7) is 4.93. The summed E-state index contributed by atoms with van der Waals surface area (Å²) in [5, 5.41) is 15.9. The van der Waals surface area contributed by atoms with E-state index in [0.29, 0.717) is 25.6 Å². The van der Waals surface area contributed by atoms with Crippen LogP contribution in [0.2, 0.25) is 0 Å². The maximum atomic E-state index is 12.1. The molecule has 3 atom stereocenters. The van der Waals surface area contributed by atoms with Crippen LogP contribution in [0.4, 0.5) is 5.69 Å². The van der Waals surface area contributed by atoms with Crippen LogP contribution >= 0.6 is 0 Å². The van der Waals surface area contributed by atoms with Gasteiger partial charge in [0.2, 0.25) is 5.91 Å². The number of aliphatic hydroxyl groups is 1. The van der Waals surface area contributed by atoms with Crippen molar-refractivity contribution in [3.63, 3.8) is 0 Å². The number of aliphatic hydroxyl groups excluding tert-OH is 1. The summed E-state index contributed by atoms with van der Waals surface area (Å²) in [5.74, 6) is 0.202. The maximum absolute atomic E-state index is 12.1. The Hall–Kier alpha value is -1.59. The first-order valence-corrected chi connectivity index (χ1v) is 8.65. The Morgan fingerprint density at radius 2 is 2.22 bits per heavy atom. The fourth-order valence-electron chi connectivity index (χ4n) is 3.58. The summed E-state index contributed by atoms with van der Waals surface area (Å²) in [5.41, 5.74) is 2.65. The van der Waals surface area contributed by atoms with E-state index < -0.39 is 0 Å². The normalized spacial score (nSPS) is 26.9. The van der Waals surface area contributed by atoms with Gasteiger partial charge in [-0.3, -0.25) is 4.79 Å². The monoisotopic (exact) mass is 317 g/mol. The number of para-hydroxylation sites is 1. The molecule has 5 nitrogen and oxygen atoms in total. The molecule has 1 aromatic carbocycles. The molecular weight excluding hydrogens is 290 g/mol. The molecule has 1 amide bonds. The van der Waals surface area contributed by atoms with Gasteiger partial charge in [0, 0.05) is 50.2 Å². The number of fused-ring (bicyclic) bond motifs is 1. The molecule has 1 aromatic rings. The van der Waals surface area contributed by atoms with Gasteiger partial charge in [0.15, 0.2) is 0 Å². The second-order valence-electron chi connectivity index (χ2n) is 6.75. The van der Waals surface area contributed by atoms with E-state index in [4.69, 9.17) is 0 Å². The zero-order valence-electron chi connectivity index (χ0n) is 13.8. The van der Waals surface area contributed by atoms with E-state index in [9.17, 15) is 9.90 Å². The molecule has 1 saturated heterocycles. The summed E-state index contributed by atoms with van der Waals surface area (Å²) in [6, 6.07) is 8.96. The van der Waals surface area contributed by atoms with Gasteiger partial charge in [0.1, 0.15) is 0 Å². The Kier molecular flexibility index (Phi) is 5.18. The predicted octanol–water partition coefficient (Wildman–Crippen LogP) is 0.914. The van der Waals surface area contributed by atoms with Crippen molar-refractivity contribution in [1.29, 1.82) is 0 Å². The number of nitrogens with one attached hydrogen (secondary N) is 2. The topological polar surface area (TPSA) is 64.6 Å². The predicted molar refractivity (Wildman–Crippen MR) is 91.6 cm³/mol. The number of hydrogen-bond acceptors (Lipinski definition) is 4. The van der Waals surface area contributed by atoms with Gasteiger partial charge in [-0.2, -0.15) is 0 Å². The minimum Gasteiger partial charge on any atom is -0.391 e. The van der Waals surface area contributed by atoms with Gasteiger partial charge in [-0.1, -0.05) is 18.2 Å². The zero-order valence-corrected chi connectivity index (χ0v) is 13.8. The molecule has 2 aliphatic rings. The van der Waals surface area contributed by atoms with Crippen LogP contribution < -0.4 is 15.5 Å². The molecule has 3 N–H and O–H groups in total. The average molecular weight is 317 g/mol. The molecule has 0 spiro atoms. The zero-order chi connectivity index (χ0) is 16.2. The fourth-order valence-corrected chi connectivity index (χ4v) is 3.58. The lowest BCUT2D eigenvalue weighted by atomic mass is 9.96. The van der Waals surface area contributed by atoms with E-state index in [1.807, 2.05) is 0 Å². The lowest BCUT2D eigenvalue weighted by molar-refractivity contribution is -0.121. The van der Waals surface area contributed by atoms with Crippen LogP contribution in [0.3, 0.4) is 0 Å². The molecular formula is C18H27N3O2. The number of nitrogens with zero attached hydrogens (tertiary/aromatic N) is 1. The van der Waals surface area contributed by atoms with Crippen molar-refractivity contribution in [3.05, 3.63) is 29.8 Å². The number of carbonyl (C=O) groups excluding carboxylic acids is 1. The van der Waals surface area contributed by atoms with Crippen molar-refractivity contribution in [1.82, 2.24) is 10.6 Å². The summed E-state index contributed by atoms with van der Waals surface area (Å²) in [4.78, 5) is 14.5. The SMILES string of the molecule is CC1CCc2ccccc2N1CCC(=O)NCC1CNCC1O. The highest BCUT2D eigenvalue weighted by atomic mass is 16.3. The van der Waals surface area contributed by atoms with Gasteiger partial charge < -0.3 is 20.6 Å². The number of amides is 1. The molecule has 2 aliphatic heterocycles. The second kappa shape index (κ2) is 7.32. The number of rotatable bonds is 5. The Morgan fingerprint density at radius 1 is 1.39 bits per heavy atom. The first-order chi connectivity index (χ1) is 11.1. The van der Waals surface area contributed by atoms with Gasteiger partial charge in [0.25, 0.3) is 0 Å². The van der Waals surface area contributed by atoms with Crippen LogP contribution in [-0.4, -0.2) is 49.3 Å². The third-order valence-electron chi connectivity index (χ3n) is 5.11. The van der Waals surface area contributed by atoms with Crippen molar-refractivity contribution < 1.29 is 9.90 Å². The van der Waals surface area contributed by atoms with Crippen LogP contribution in [0.1, 0.15) is 25.3 Å². The van der Waals surface area contributed by atoms with Gasteiger partial charge >= 0.3 is 0 Å². The standard InChI is InChI=1S/C18H27N3O2/c1-13-6-7-14-4-2-3-5-16(14)21(13)9-8-18(23)20-11-15-10-19-12-17(15)22/h2-5,13,15,17,19,22H,6-12H2,1H3,(H,20,23). The number of benzene rings is 1. The molecule has 2 heterocycles. The molecule has 0 aromatic heterocycles. The molecule has 0 aliphatic carbocycles. The minimum absolute atomic E-state index is 0.0688. The van der Waals surface area contributed by atoms with Crippen molar-refractivity contribution in [2.24, 2.45) is 5.92 Å². The van der Waals surface area contributed by atoms with E-state index >= 15 is 0 Å². The molecule has 1 fully saturated rings. The molecule has 3 rings (SSSR count). The van der Waals surface area contributed by atoms with Gasteiger partial charge in [-0.25, -0.2) is 0 Å². The van der Waals surface area contributed by atoms with Gasteiger partial charge in [-0.05, 0) is 31.4 Å². The molecule has 3 unspecified atom stereocenters. The largest absolute Gasteiger partial charge is 0.391 e. The first kappa shape index (κ1) is 16.3. The Labute approximate surface area is 138 Å². The summed E-state index contributed by atoms with van der Waals surface area (Å²) < 4.78 is 0. The van der Waals surface area contributed by atoms with Crippen LogP contribution in [0.15, 0.2) is 24.3 Å². The Bertz CT molecular complexity index is 549. The Balaban J connectivity index is 1.50. The van der Waals surface area contributed by atoms with Crippen LogP contribution in [-0.2, 0) is 11.2 Å². The fraction of sp³-hybridized carbons (Fsp3) is 0.611. The molecule has 126 valence electrons. The van der Waals surface area contributed by atoms with Crippen molar-refractivity contribution >= 4 is 11.6 Å². The van der Waals surface area contributed by atoms with E-state index in [2.05, 4.69) is 46.7 Å². The number of aryl methyl sites for hydroxylation is 1. The third-order valence-corrected chi connectivity index (χ3v) is 5.11. The molecule has 5 heteroatoms. The highest BCUT2D eigenvalue weighted by Crippen LogP contribution is 2.30. The second-order valence-corrected chi connectivity index (χ2v) is 6.75. The quantitative estimate of drug-likeness (QED) is 0.755. The molecule has 0 radical (unpaired) electrons. The van der Waals surface area contributed by atoms with Crippen LogP contribution in [0, 0.1) is 5.92 Å². The molecule has 0 bridgehead atoms. The van der Waals surface area contributed by atoms with E-state index in [0.717, 1.165) is 25.9 Å². The van der Waals surface area contributed by atoms with Crippen molar-refractivity contribution in [3.8, 4) is 0 Å². The van der Waals surface area contributed by atoms with Gasteiger partial charge in [-0.15, -0.1) is 0 Å². The van der Waals surface area contributed by atoms with Gasteiger partial charge in [0.05, 0.1) is 6.10 Å². The van der Waals surface area contributed by atoms with Crippen molar-refractivity contribution in [2.75, 3.05) is 31.1 Å². The molecule has 0 saturated carbocycles. The highest BCUT2D eigenvalue weighted by molar-refractivity contribution is 5.76.